The minimum atomic E-state index is -0.256. The van der Waals surface area contributed by atoms with Gasteiger partial charge in [0.15, 0.2) is 17.3 Å². The number of Topliss-reactive ketones (excluding diaryl/α,β-unsaturated/α-hetero) is 1. The van der Waals surface area contributed by atoms with Gasteiger partial charge >= 0.3 is 0 Å². The quantitative estimate of drug-likeness (QED) is 0.725. The molecule has 0 saturated heterocycles. The second-order valence-corrected chi connectivity index (χ2v) is 3.90. The molecular formula is C14H17NO3. The molecule has 0 spiro atoms. The molecule has 1 aromatic rings. The van der Waals surface area contributed by atoms with Gasteiger partial charge in [0.2, 0.25) is 0 Å². The maximum Gasteiger partial charge on any atom is 0.167 e. The van der Waals surface area contributed by atoms with Crippen molar-refractivity contribution in [1.29, 1.82) is 5.26 Å². The first-order chi connectivity index (χ1) is 8.67. The SMILES string of the molecule is CCC(CC#N)C(=O)c1ccc(OC)c(OC)c1. The van der Waals surface area contributed by atoms with Crippen molar-refractivity contribution in [2.45, 2.75) is 19.8 Å². The lowest BCUT2D eigenvalue weighted by molar-refractivity contribution is 0.0918. The molecule has 1 unspecified atom stereocenters. The van der Waals surface area contributed by atoms with Crippen LogP contribution in [0.5, 0.6) is 11.5 Å². The fraction of sp³-hybridized carbons (Fsp3) is 0.429. The number of hydrogen-bond donors (Lipinski definition) is 0. The van der Waals surface area contributed by atoms with Crippen LogP contribution in [0.3, 0.4) is 0 Å². The summed E-state index contributed by atoms with van der Waals surface area (Å²) in [7, 11) is 3.07. The molecule has 0 aromatic heterocycles. The van der Waals surface area contributed by atoms with Gasteiger partial charge in [0.1, 0.15) is 0 Å². The van der Waals surface area contributed by atoms with Crippen LogP contribution < -0.4 is 9.47 Å². The molecule has 4 nitrogen and oxygen atoms in total. The lowest BCUT2D eigenvalue weighted by atomic mass is 9.93. The van der Waals surface area contributed by atoms with Gasteiger partial charge < -0.3 is 9.47 Å². The van der Waals surface area contributed by atoms with Crippen molar-refractivity contribution in [3.63, 3.8) is 0 Å². The number of nitriles is 1. The Kier molecular flexibility index (Phi) is 5.19. The fourth-order valence-electron chi connectivity index (χ4n) is 1.76. The predicted octanol–water partition coefficient (Wildman–Crippen LogP) is 2.83. The molecule has 0 fully saturated rings. The second kappa shape index (κ2) is 6.65. The van der Waals surface area contributed by atoms with E-state index < -0.39 is 0 Å². The summed E-state index contributed by atoms with van der Waals surface area (Å²) >= 11 is 0. The highest BCUT2D eigenvalue weighted by atomic mass is 16.5. The molecule has 0 saturated carbocycles. The van der Waals surface area contributed by atoms with E-state index in [1.807, 2.05) is 13.0 Å². The molecule has 0 aliphatic heterocycles. The number of benzene rings is 1. The Balaban J connectivity index is 3.03. The fourth-order valence-corrected chi connectivity index (χ4v) is 1.76. The minimum Gasteiger partial charge on any atom is -0.493 e. The van der Waals surface area contributed by atoms with Crippen molar-refractivity contribution in [3.8, 4) is 17.6 Å². The van der Waals surface area contributed by atoms with Crippen LogP contribution in [0.1, 0.15) is 30.1 Å². The van der Waals surface area contributed by atoms with Gasteiger partial charge in [-0.2, -0.15) is 5.26 Å². The smallest absolute Gasteiger partial charge is 0.167 e. The number of rotatable bonds is 6. The summed E-state index contributed by atoms with van der Waals surface area (Å²) in [5.41, 5.74) is 0.551. The molecule has 0 bridgehead atoms. The predicted molar refractivity (Wildman–Crippen MR) is 67.9 cm³/mol. The summed E-state index contributed by atoms with van der Waals surface area (Å²) in [6.45, 7) is 1.90. The summed E-state index contributed by atoms with van der Waals surface area (Å²) < 4.78 is 10.3. The number of methoxy groups -OCH3 is 2. The summed E-state index contributed by atoms with van der Waals surface area (Å²) in [4.78, 5) is 12.2. The van der Waals surface area contributed by atoms with Crippen LogP contribution in [0.15, 0.2) is 18.2 Å². The van der Waals surface area contributed by atoms with Crippen LogP contribution in [0.25, 0.3) is 0 Å². The lowest BCUT2D eigenvalue weighted by Gasteiger charge is -2.12. The Morgan fingerprint density at radius 1 is 1.33 bits per heavy atom. The van der Waals surface area contributed by atoms with E-state index in [0.29, 0.717) is 23.5 Å². The van der Waals surface area contributed by atoms with Gasteiger partial charge in [-0.15, -0.1) is 0 Å². The van der Waals surface area contributed by atoms with Gasteiger partial charge in [0, 0.05) is 17.9 Å². The molecule has 0 aliphatic rings. The zero-order valence-electron chi connectivity index (χ0n) is 10.9. The molecule has 0 heterocycles. The third kappa shape index (κ3) is 3.01. The second-order valence-electron chi connectivity index (χ2n) is 3.90. The Labute approximate surface area is 107 Å². The third-order valence-electron chi connectivity index (χ3n) is 2.87. The third-order valence-corrected chi connectivity index (χ3v) is 2.87. The molecular weight excluding hydrogens is 230 g/mol. The van der Waals surface area contributed by atoms with Gasteiger partial charge in [0.25, 0.3) is 0 Å². The van der Waals surface area contributed by atoms with Gasteiger partial charge in [-0.3, -0.25) is 4.79 Å². The topological polar surface area (TPSA) is 59.3 Å². The van der Waals surface area contributed by atoms with E-state index in [1.165, 1.54) is 7.11 Å². The van der Waals surface area contributed by atoms with Crippen molar-refractivity contribution in [2.24, 2.45) is 5.92 Å². The summed E-state index contributed by atoms with van der Waals surface area (Å²) in [6, 6.07) is 7.10. The van der Waals surface area contributed by atoms with E-state index in [-0.39, 0.29) is 18.1 Å². The molecule has 0 aliphatic carbocycles. The highest BCUT2D eigenvalue weighted by molar-refractivity contribution is 5.98. The van der Waals surface area contributed by atoms with Gasteiger partial charge in [-0.05, 0) is 24.6 Å². The first-order valence-electron chi connectivity index (χ1n) is 5.81. The number of hydrogen-bond acceptors (Lipinski definition) is 4. The Morgan fingerprint density at radius 3 is 2.50 bits per heavy atom. The normalized spacial score (nSPS) is 11.4. The Bertz CT molecular complexity index is 463. The van der Waals surface area contributed by atoms with Crippen LogP contribution in [0.2, 0.25) is 0 Å². The van der Waals surface area contributed by atoms with Gasteiger partial charge in [-0.1, -0.05) is 6.92 Å². The van der Waals surface area contributed by atoms with Gasteiger partial charge in [-0.25, -0.2) is 0 Å². The molecule has 0 radical (unpaired) electrons. The molecule has 4 heteroatoms. The number of ether oxygens (including phenoxy) is 2. The van der Waals surface area contributed by atoms with E-state index in [0.717, 1.165) is 0 Å². The summed E-state index contributed by atoms with van der Waals surface area (Å²) in [5.74, 6) is 0.825. The number of carbonyl (C=O) groups excluding carboxylic acids is 1. The molecule has 96 valence electrons. The maximum absolute atomic E-state index is 12.2. The average molecular weight is 247 g/mol. The highest BCUT2D eigenvalue weighted by Gasteiger charge is 2.19. The first-order valence-corrected chi connectivity index (χ1v) is 5.81. The molecule has 18 heavy (non-hydrogen) atoms. The molecule has 1 rings (SSSR count). The highest BCUT2D eigenvalue weighted by Crippen LogP contribution is 2.29. The van der Waals surface area contributed by atoms with Crippen molar-refractivity contribution < 1.29 is 14.3 Å². The standard InChI is InChI=1S/C14H17NO3/c1-4-10(7-8-15)14(16)11-5-6-12(17-2)13(9-11)18-3/h5-6,9-10H,4,7H2,1-3H3. The summed E-state index contributed by atoms with van der Waals surface area (Å²) in [5, 5.41) is 8.70. The monoisotopic (exact) mass is 247 g/mol. The van der Waals surface area contributed by atoms with E-state index >= 15 is 0 Å². The van der Waals surface area contributed by atoms with E-state index in [1.54, 1.807) is 25.3 Å². The summed E-state index contributed by atoms with van der Waals surface area (Å²) in [6.07, 6.45) is 0.893. The van der Waals surface area contributed by atoms with Crippen molar-refractivity contribution >= 4 is 5.78 Å². The largest absolute Gasteiger partial charge is 0.493 e. The first kappa shape index (κ1) is 14.0. The minimum absolute atomic E-state index is 0.0278. The average Bonchev–Trinajstić information content (AvgIpc) is 2.43. The van der Waals surface area contributed by atoms with Crippen LogP contribution in [0.4, 0.5) is 0 Å². The van der Waals surface area contributed by atoms with Crippen molar-refractivity contribution in [2.75, 3.05) is 14.2 Å². The number of carbonyl (C=O) groups is 1. The molecule has 0 amide bonds. The number of nitrogens with zero attached hydrogens (tertiary/aromatic N) is 1. The Hall–Kier alpha value is -2.02. The maximum atomic E-state index is 12.2. The molecule has 1 atom stereocenters. The van der Waals surface area contributed by atoms with Crippen molar-refractivity contribution in [3.05, 3.63) is 23.8 Å². The van der Waals surface area contributed by atoms with Crippen LogP contribution >= 0.6 is 0 Å². The number of ketones is 1. The van der Waals surface area contributed by atoms with Gasteiger partial charge in [0.05, 0.1) is 20.3 Å². The van der Waals surface area contributed by atoms with Crippen molar-refractivity contribution in [1.82, 2.24) is 0 Å². The molecule has 0 N–H and O–H groups in total. The van der Waals surface area contributed by atoms with E-state index in [9.17, 15) is 4.79 Å². The molecule has 1 aromatic carbocycles. The lowest BCUT2D eigenvalue weighted by Crippen LogP contribution is -2.13. The van der Waals surface area contributed by atoms with Crippen LogP contribution in [0, 0.1) is 17.2 Å². The zero-order valence-corrected chi connectivity index (χ0v) is 10.9. The van der Waals surface area contributed by atoms with E-state index in [4.69, 9.17) is 14.7 Å². The van der Waals surface area contributed by atoms with Crippen LogP contribution in [-0.2, 0) is 0 Å². The van der Waals surface area contributed by atoms with Crippen LogP contribution in [-0.4, -0.2) is 20.0 Å². The Morgan fingerprint density at radius 2 is 2.00 bits per heavy atom. The zero-order chi connectivity index (χ0) is 13.5. The van der Waals surface area contributed by atoms with E-state index in [2.05, 4.69) is 0 Å².